The maximum atomic E-state index is 12.5. The molecular formula is C19H20N4O4S. The van der Waals surface area contributed by atoms with Crippen molar-refractivity contribution in [2.24, 2.45) is 0 Å². The van der Waals surface area contributed by atoms with Crippen molar-refractivity contribution in [2.75, 3.05) is 17.1 Å². The van der Waals surface area contributed by atoms with Crippen LogP contribution in [0.25, 0.3) is 0 Å². The Morgan fingerprint density at radius 2 is 1.68 bits per heavy atom. The standard InChI is InChI=1S/C19H20N4O4S/c1-3-23-13-12-18(21-23)19(24)20-14-6-10-17(11-7-14)28(25,26)22-15-4-8-16(27-2)9-5-15/h4-13,22H,3H2,1-2H3,(H,20,24). The Bertz CT molecular complexity index is 1060. The maximum Gasteiger partial charge on any atom is 0.276 e. The number of carbonyl (C=O) groups excluding carboxylic acids is 1. The minimum atomic E-state index is -3.75. The molecule has 0 saturated heterocycles. The molecule has 2 aromatic carbocycles. The molecule has 0 fully saturated rings. The van der Waals surface area contributed by atoms with Gasteiger partial charge in [-0.15, -0.1) is 0 Å². The van der Waals surface area contributed by atoms with Crippen LogP contribution < -0.4 is 14.8 Å². The highest BCUT2D eigenvalue weighted by atomic mass is 32.2. The van der Waals surface area contributed by atoms with E-state index in [2.05, 4.69) is 15.1 Å². The van der Waals surface area contributed by atoms with Crippen molar-refractivity contribution in [1.29, 1.82) is 0 Å². The van der Waals surface area contributed by atoms with Gasteiger partial charge in [0.15, 0.2) is 5.69 Å². The molecule has 9 heteroatoms. The van der Waals surface area contributed by atoms with Gasteiger partial charge in [0, 0.05) is 24.1 Å². The number of hydrogen-bond acceptors (Lipinski definition) is 5. The van der Waals surface area contributed by atoms with Crippen molar-refractivity contribution < 1.29 is 17.9 Å². The van der Waals surface area contributed by atoms with Crippen LogP contribution in [0, 0.1) is 0 Å². The van der Waals surface area contributed by atoms with Gasteiger partial charge in [0.05, 0.1) is 12.0 Å². The summed E-state index contributed by atoms with van der Waals surface area (Å²) < 4.78 is 34.2. The van der Waals surface area contributed by atoms with E-state index >= 15 is 0 Å². The molecule has 0 aliphatic rings. The summed E-state index contributed by atoms with van der Waals surface area (Å²) in [5.41, 5.74) is 1.18. The number of hydrogen-bond donors (Lipinski definition) is 2. The number of nitrogens with zero attached hydrogens (tertiary/aromatic N) is 2. The number of aryl methyl sites for hydroxylation is 1. The van der Waals surface area contributed by atoms with Crippen molar-refractivity contribution in [1.82, 2.24) is 9.78 Å². The number of ether oxygens (including phenoxy) is 1. The lowest BCUT2D eigenvalue weighted by Crippen LogP contribution is -2.15. The van der Waals surface area contributed by atoms with Gasteiger partial charge in [-0.1, -0.05) is 0 Å². The first-order chi connectivity index (χ1) is 13.4. The van der Waals surface area contributed by atoms with Crippen LogP contribution in [-0.2, 0) is 16.6 Å². The van der Waals surface area contributed by atoms with Gasteiger partial charge in [0.1, 0.15) is 5.75 Å². The third kappa shape index (κ3) is 4.49. The molecule has 0 unspecified atom stereocenters. The van der Waals surface area contributed by atoms with E-state index in [4.69, 9.17) is 4.74 Å². The van der Waals surface area contributed by atoms with Gasteiger partial charge in [0.2, 0.25) is 0 Å². The summed E-state index contributed by atoms with van der Waals surface area (Å²) in [6.45, 7) is 2.59. The molecule has 8 nitrogen and oxygen atoms in total. The number of rotatable bonds is 7. The van der Waals surface area contributed by atoms with Crippen LogP contribution in [0.2, 0.25) is 0 Å². The van der Waals surface area contributed by atoms with Crippen molar-refractivity contribution in [3.8, 4) is 5.75 Å². The smallest absolute Gasteiger partial charge is 0.276 e. The van der Waals surface area contributed by atoms with Crippen molar-refractivity contribution in [2.45, 2.75) is 18.4 Å². The molecule has 28 heavy (non-hydrogen) atoms. The molecule has 0 bridgehead atoms. The molecule has 3 rings (SSSR count). The van der Waals surface area contributed by atoms with E-state index in [-0.39, 0.29) is 10.8 Å². The van der Waals surface area contributed by atoms with Crippen LogP contribution in [0.1, 0.15) is 17.4 Å². The zero-order chi connectivity index (χ0) is 20.1. The average Bonchev–Trinajstić information content (AvgIpc) is 3.18. The Hall–Kier alpha value is -3.33. The highest BCUT2D eigenvalue weighted by Gasteiger charge is 2.15. The summed E-state index contributed by atoms with van der Waals surface area (Å²) in [6.07, 6.45) is 1.72. The van der Waals surface area contributed by atoms with Crippen LogP contribution in [0.15, 0.2) is 65.7 Å². The highest BCUT2D eigenvalue weighted by molar-refractivity contribution is 7.92. The molecule has 0 spiro atoms. The second-order valence-corrected chi connectivity index (χ2v) is 7.55. The molecule has 0 saturated carbocycles. The fraction of sp³-hybridized carbons (Fsp3) is 0.158. The second kappa shape index (κ2) is 8.13. The van der Waals surface area contributed by atoms with E-state index in [1.807, 2.05) is 6.92 Å². The van der Waals surface area contributed by atoms with E-state index in [0.29, 0.717) is 29.4 Å². The summed E-state index contributed by atoms with van der Waals surface area (Å²) in [7, 11) is -2.21. The van der Waals surface area contributed by atoms with Crippen molar-refractivity contribution >= 4 is 27.3 Å². The average molecular weight is 400 g/mol. The summed E-state index contributed by atoms with van der Waals surface area (Å²) >= 11 is 0. The van der Waals surface area contributed by atoms with Gasteiger partial charge in [-0.05, 0) is 61.5 Å². The van der Waals surface area contributed by atoms with E-state index in [0.717, 1.165) is 0 Å². The highest BCUT2D eigenvalue weighted by Crippen LogP contribution is 2.20. The second-order valence-electron chi connectivity index (χ2n) is 5.87. The Morgan fingerprint density at radius 3 is 2.25 bits per heavy atom. The number of methoxy groups -OCH3 is 1. The lowest BCUT2D eigenvalue weighted by atomic mass is 10.3. The lowest BCUT2D eigenvalue weighted by molar-refractivity contribution is 0.102. The largest absolute Gasteiger partial charge is 0.497 e. The Kier molecular flexibility index (Phi) is 5.65. The topological polar surface area (TPSA) is 102 Å². The first-order valence-corrected chi connectivity index (χ1v) is 10.0. The molecule has 2 N–H and O–H groups in total. The van der Waals surface area contributed by atoms with Gasteiger partial charge < -0.3 is 10.1 Å². The number of nitrogens with one attached hydrogen (secondary N) is 2. The fourth-order valence-corrected chi connectivity index (χ4v) is 3.50. The Balaban J connectivity index is 1.69. The molecule has 1 amide bonds. The third-order valence-corrected chi connectivity index (χ3v) is 5.36. The van der Waals surface area contributed by atoms with E-state index in [1.165, 1.54) is 31.4 Å². The maximum absolute atomic E-state index is 12.5. The predicted molar refractivity (Wildman–Crippen MR) is 106 cm³/mol. The number of sulfonamides is 1. The summed E-state index contributed by atoms with van der Waals surface area (Å²) in [5.74, 6) is 0.269. The Morgan fingerprint density at radius 1 is 1.04 bits per heavy atom. The van der Waals surface area contributed by atoms with E-state index in [1.54, 1.807) is 41.2 Å². The molecule has 0 aliphatic heterocycles. The van der Waals surface area contributed by atoms with Crippen LogP contribution in [-0.4, -0.2) is 31.2 Å². The van der Waals surface area contributed by atoms with Gasteiger partial charge >= 0.3 is 0 Å². The first-order valence-electron chi connectivity index (χ1n) is 8.53. The molecule has 0 radical (unpaired) electrons. The summed E-state index contributed by atoms with van der Waals surface area (Å²) in [4.78, 5) is 12.3. The van der Waals surface area contributed by atoms with Gasteiger partial charge in [-0.25, -0.2) is 8.42 Å². The molecule has 0 atom stereocenters. The molecule has 1 heterocycles. The molecular weight excluding hydrogens is 380 g/mol. The van der Waals surface area contributed by atoms with Crippen LogP contribution in [0.5, 0.6) is 5.75 Å². The van der Waals surface area contributed by atoms with Crippen LogP contribution in [0.4, 0.5) is 11.4 Å². The molecule has 0 aliphatic carbocycles. The Labute approximate surface area is 163 Å². The normalized spacial score (nSPS) is 11.1. The minimum absolute atomic E-state index is 0.0802. The monoisotopic (exact) mass is 400 g/mol. The first kappa shape index (κ1) is 19.4. The fourth-order valence-electron chi connectivity index (χ4n) is 2.44. The number of amides is 1. The molecule has 146 valence electrons. The van der Waals surface area contributed by atoms with Gasteiger partial charge in [-0.2, -0.15) is 5.10 Å². The van der Waals surface area contributed by atoms with Gasteiger partial charge in [-0.3, -0.25) is 14.2 Å². The number of carbonyl (C=O) groups is 1. The van der Waals surface area contributed by atoms with Gasteiger partial charge in [0.25, 0.3) is 15.9 Å². The lowest BCUT2D eigenvalue weighted by Gasteiger charge is -2.10. The van der Waals surface area contributed by atoms with Crippen molar-refractivity contribution in [3.63, 3.8) is 0 Å². The van der Waals surface area contributed by atoms with Crippen LogP contribution >= 0.6 is 0 Å². The molecule has 1 aromatic heterocycles. The summed E-state index contributed by atoms with van der Waals surface area (Å²) in [5, 5.41) is 6.82. The van der Waals surface area contributed by atoms with E-state index < -0.39 is 10.0 Å². The van der Waals surface area contributed by atoms with E-state index in [9.17, 15) is 13.2 Å². The third-order valence-electron chi connectivity index (χ3n) is 3.96. The van der Waals surface area contributed by atoms with Crippen molar-refractivity contribution in [3.05, 3.63) is 66.5 Å². The summed E-state index contributed by atoms with van der Waals surface area (Å²) in [6, 6.07) is 14.1. The SMILES string of the molecule is CCn1ccc(C(=O)Nc2ccc(S(=O)(=O)Nc3ccc(OC)cc3)cc2)n1. The number of anilines is 2. The zero-order valence-electron chi connectivity index (χ0n) is 15.4. The zero-order valence-corrected chi connectivity index (χ0v) is 16.2. The number of aromatic nitrogens is 2. The van der Waals surface area contributed by atoms with Crippen LogP contribution in [0.3, 0.4) is 0 Å². The number of benzene rings is 2. The predicted octanol–water partition coefficient (Wildman–Crippen LogP) is 2.96. The molecule has 3 aromatic rings. The minimum Gasteiger partial charge on any atom is -0.497 e. The quantitative estimate of drug-likeness (QED) is 0.635.